The van der Waals surface area contributed by atoms with E-state index in [1.54, 1.807) is 0 Å². The monoisotopic (exact) mass is 196 g/mol. The van der Waals surface area contributed by atoms with Crippen molar-refractivity contribution in [3.05, 3.63) is 23.8 Å². The maximum Gasteiger partial charge on any atom is 0.231 e. The van der Waals surface area contributed by atoms with E-state index in [0.717, 1.165) is 17.1 Å². The van der Waals surface area contributed by atoms with Crippen LogP contribution in [0.1, 0.15) is 33.3 Å². The number of para-hydroxylation sites is 1. The fraction of sp³-hybridized carbons (Fsp3) is 0.500. The molecule has 80 valence electrons. The molecular formula is C12H20O2. The third kappa shape index (κ3) is 2.95. The van der Waals surface area contributed by atoms with Crippen LogP contribution in [0, 0.1) is 6.92 Å². The lowest BCUT2D eigenvalue weighted by Gasteiger charge is -1.96. The minimum Gasteiger partial charge on any atom is -0.454 e. The first kappa shape index (κ1) is 12.8. The Morgan fingerprint density at radius 2 is 1.64 bits per heavy atom. The van der Waals surface area contributed by atoms with Crippen molar-refractivity contribution in [3.8, 4) is 11.5 Å². The van der Waals surface area contributed by atoms with E-state index in [1.165, 1.54) is 0 Å². The van der Waals surface area contributed by atoms with Crippen molar-refractivity contribution in [2.24, 2.45) is 0 Å². The maximum atomic E-state index is 5.21. The van der Waals surface area contributed by atoms with Crippen LogP contribution < -0.4 is 9.47 Å². The third-order valence-electron chi connectivity index (χ3n) is 1.59. The first-order chi connectivity index (χ1) is 6.88. The topological polar surface area (TPSA) is 18.5 Å². The van der Waals surface area contributed by atoms with Gasteiger partial charge in [0.15, 0.2) is 11.5 Å². The van der Waals surface area contributed by atoms with E-state index in [1.807, 2.05) is 52.8 Å². The number of aryl methyl sites for hydroxylation is 1. The molecule has 0 N–H and O–H groups in total. The molecule has 2 nitrogen and oxygen atoms in total. The number of benzene rings is 1. The number of rotatable bonds is 0. The van der Waals surface area contributed by atoms with E-state index in [-0.39, 0.29) is 0 Å². The van der Waals surface area contributed by atoms with Crippen molar-refractivity contribution >= 4 is 0 Å². The van der Waals surface area contributed by atoms with Gasteiger partial charge in [0.1, 0.15) is 0 Å². The van der Waals surface area contributed by atoms with Crippen LogP contribution in [0.2, 0.25) is 0 Å². The highest BCUT2D eigenvalue weighted by Gasteiger charge is 2.13. The molecule has 0 aliphatic carbocycles. The van der Waals surface area contributed by atoms with Gasteiger partial charge in [-0.3, -0.25) is 0 Å². The summed E-state index contributed by atoms with van der Waals surface area (Å²) in [5.74, 6) is 1.75. The predicted octanol–water partition coefficient (Wildman–Crippen LogP) is 3.78. The Balaban J connectivity index is 0.000000379. The average Bonchev–Trinajstić information content (AvgIpc) is 2.73. The molecule has 1 aliphatic rings. The third-order valence-corrected chi connectivity index (χ3v) is 1.59. The second-order valence-corrected chi connectivity index (χ2v) is 2.31. The molecule has 2 rings (SSSR count). The van der Waals surface area contributed by atoms with E-state index in [9.17, 15) is 0 Å². The number of hydrogen-bond acceptors (Lipinski definition) is 2. The molecule has 0 saturated carbocycles. The number of fused-ring (bicyclic) bond motifs is 1. The highest BCUT2D eigenvalue weighted by atomic mass is 16.7. The van der Waals surface area contributed by atoms with Crippen LogP contribution in [0.15, 0.2) is 18.2 Å². The standard InChI is InChI=1S/C8H8O2.2C2H6/c1-6-3-2-4-7-8(6)10-5-9-7;2*1-2/h2-4H,5H2,1H3;2*1-2H3. The second-order valence-electron chi connectivity index (χ2n) is 2.31. The second kappa shape index (κ2) is 7.25. The normalized spacial score (nSPS) is 10.6. The molecule has 2 heteroatoms. The molecule has 0 bridgehead atoms. The summed E-state index contributed by atoms with van der Waals surface area (Å²) in [6, 6.07) is 5.88. The lowest BCUT2D eigenvalue weighted by atomic mass is 10.2. The summed E-state index contributed by atoms with van der Waals surface area (Å²) in [5.41, 5.74) is 1.13. The summed E-state index contributed by atoms with van der Waals surface area (Å²) in [6.07, 6.45) is 0. The smallest absolute Gasteiger partial charge is 0.231 e. The molecule has 1 aromatic carbocycles. The van der Waals surface area contributed by atoms with E-state index in [0.29, 0.717) is 6.79 Å². The van der Waals surface area contributed by atoms with Crippen LogP contribution in [-0.2, 0) is 0 Å². The van der Waals surface area contributed by atoms with Crippen LogP contribution in [0.4, 0.5) is 0 Å². The van der Waals surface area contributed by atoms with Crippen LogP contribution in [-0.4, -0.2) is 6.79 Å². The molecule has 0 fully saturated rings. The summed E-state index contributed by atoms with van der Waals surface area (Å²) < 4.78 is 10.4. The van der Waals surface area contributed by atoms with Crippen LogP contribution in [0.5, 0.6) is 11.5 Å². The summed E-state index contributed by atoms with van der Waals surface area (Å²) in [5, 5.41) is 0. The van der Waals surface area contributed by atoms with Gasteiger partial charge >= 0.3 is 0 Å². The fourth-order valence-corrected chi connectivity index (χ4v) is 1.08. The molecule has 1 aliphatic heterocycles. The van der Waals surface area contributed by atoms with Crippen molar-refractivity contribution in [2.45, 2.75) is 34.6 Å². The molecular weight excluding hydrogens is 176 g/mol. The molecule has 0 saturated heterocycles. The van der Waals surface area contributed by atoms with Crippen molar-refractivity contribution in [2.75, 3.05) is 6.79 Å². The zero-order chi connectivity index (χ0) is 11.0. The summed E-state index contributed by atoms with van der Waals surface area (Å²) >= 11 is 0. The molecule has 0 amide bonds. The van der Waals surface area contributed by atoms with Crippen LogP contribution in [0.25, 0.3) is 0 Å². The van der Waals surface area contributed by atoms with E-state index in [2.05, 4.69) is 0 Å². The average molecular weight is 196 g/mol. The highest BCUT2D eigenvalue weighted by molar-refractivity contribution is 5.47. The number of hydrogen-bond donors (Lipinski definition) is 0. The Morgan fingerprint density at radius 1 is 1.00 bits per heavy atom. The highest BCUT2D eigenvalue weighted by Crippen LogP contribution is 2.34. The molecule has 1 heterocycles. The largest absolute Gasteiger partial charge is 0.454 e. The molecule has 0 spiro atoms. The Hall–Kier alpha value is -1.18. The number of ether oxygens (including phenoxy) is 2. The zero-order valence-corrected chi connectivity index (χ0v) is 9.76. The molecule has 0 unspecified atom stereocenters. The van der Waals surface area contributed by atoms with Crippen LogP contribution >= 0.6 is 0 Å². The zero-order valence-electron chi connectivity index (χ0n) is 9.76. The van der Waals surface area contributed by atoms with Gasteiger partial charge < -0.3 is 9.47 Å². The Morgan fingerprint density at radius 3 is 2.21 bits per heavy atom. The first-order valence-corrected chi connectivity index (χ1v) is 5.23. The summed E-state index contributed by atoms with van der Waals surface area (Å²) in [6.45, 7) is 10.4. The van der Waals surface area contributed by atoms with Gasteiger partial charge in [-0.2, -0.15) is 0 Å². The van der Waals surface area contributed by atoms with Crippen LogP contribution in [0.3, 0.4) is 0 Å². The molecule has 0 atom stereocenters. The predicted molar refractivity (Wildman–Crippen MR) is 60.0 cm³/mol. The van der Waals surface area contributed by atoms with Gasteiger partial charge in [0.25, 0.3) is 0 Å². The van der Waals surface area contributed by atoms with Gasteiger partial charge in [-0.05, 0) is 18.6 Å². The quantitative estimate of drug-likeness (QED) is 0.628. The summed E-state index contributed by atoms with van der Waals surface area (Å²) in [4.78, 5) is 0. The first-order valence-electron chi connectivity index (χ1n) is 5.23. The molecule has 0 radical (unpaired) electrons. The molecule has 0 aromatic heterocycles. The SMILES string of the molecule is CC.CC.Cc1cccc2c1OCO2. The van der Waals surface area contributed by atoms with Crippen molar-refractivity contribution in [1.29, 1.82) is 0 Å². The van der Waals surface area contributed by atoms with Gasteiger partial charge in [-0.15, -0.1) is 0 Å². The van der Waals surface area contributed by atoms with Crippen molar-refractivity contribution < 1.29 is 9.47 Å². The summed E-state index contributed by atoms with van der Waals surface area (Å²) in [7, 11) is 0. The van der Waals surface area contributed by atoms with Gasteiger partial charge in [0, 0.05) is 0 Å². The molecule has 14 heavy (non-hydrogen) atoms. The maximum absolute atomic E-state index is 5.21. The fourth-order valence-electron chi connectivity index (χ4n) is 1.08. The Labute approximate surface area is 86.9 Å². The van der Waals surface area contributed by atoms with Gasteiger partial charge in [0.2, 0.25) is 6.79 Å². The minimum atomic E-state index is 0.361. The minimum absolute atomic E-state index is 0.361. The van der Waals surface area contributed by atoms with Gasteiger partial charge in [0.05, 0.1) is 0 Å². The lowest BCUT2D eigenvalue weighted by Crippen LogP contribution is -1.93. The van der Waals surface area contributed by atoms with Crippen molar-refractivity contribution in [3.63, 3.8) is 0 Å². The van der Waals surface area contributed by atoms with Gasteiger partial charge in [-0.25, -0.2) is 0 Å². The Bertz CT molecular complexity index is 256. The van der Waals surface area contributed by atoms with Gasteiger partial charge in [-0.1, -0.05) is 39.8 Å². The van der Waals surface area contributed by atoms with Crippen molar-refractivity contribution in [1.82, 2.24) is 0 Å². The Kier molecular flexibility index (Phi) is 6.63. The lowest BCUT2D eigenvalue weighted by molar-refractivity contribution is 0.173. The molecule has 1 aromatic rings. The van der Waals surface area contributed by atoms with E-state index >= 15 is 0 Å². The van der Waals surface area contributed by atoms with E-state index in [4.69, 9.17) is 9.47 Å². The van der Waals surface area contributed by atoms with E-state index < -0.39 is 0 Å².